The molecule has 154 valence electrons. The average Bonchev–Trinajstić information content (AvgIpc) is 3.21. The first-order chi connectivity index (χ1) is 14.3. The van der Waals surface area contributed by atoms with Crippen LogP contribution in [0.2, 0.25) is 0 Å². The number of pyridine rings is 1. The number of thioether (sulfide) groups is 1. The molecule has 1 saturated heterocycles. The SMILES string of the molecule is c1ccc([C@]2(CCNC3CSc4ccccc4C3)CCOC3(CCCC3)C2)nc1. The van der Waals surface area contributed by atoms with Gasteiger partial charge in [-0.1, -0.05) is 37.1 Å². The molecular weight excluding hydrogens is 376 g/mol. The van der Waals surface area contributed by atoms with Gasteiger partial charge in [-0.2, -0.15) is 0 Å². The predicted octanol–water partition coefficient (Wildman–Crippen LogP) is 5.14. The van der Waals surface area contributed by atoms with Crippen LogP contribution in [0, 0.1) is 0 Å². The van der Waals surface area contributed by atoms with Crippen LogP contribution >= 0.6 is 11.8 Å². The Hall–Kier alpha value is -1.36. The van der Waals surface area contributed by atoms with Gasteiger partial charge in [-0.3, -0.25) is 4.98 Å². The van der Waals surface area contributed by atoms with Gasteiger partial charge in [-0.25, -0.2) is 0 Å². The van der Waals surface area contributed by atoms with E-state index < -0.39 is 0 Å². The molecule has 2 aliphatic heterocycles. The van der Waals surface area contributed by atoms with Gasteiger partial charge >= 0.3 is 0 Å². The summed E-state index contributed by atoms with van der Waals surface area (Å²) >= 11 is 2.00. The van der Waals surface area contributed by atoms with E-state index in [2.05, 4.69) is 41.7 Å². The highest BCUT2D eigenvalue weighted by Crippen LogP contribution is 2.49. The van der Waals surface area contributed by atoms with Gasteiger partial charge in [0.25, 0.3) is 0 Å². The first-order valence-corrected chi connectivity index (χ1v) is 12.3. The molecule has 1 aromatic heterocycles. The van der Waals surface area contributed by atoms with Crippen molar-refractivity contribution in [2.75, 3.05) is 18.9 Å². The standard InChI is InChI=1S/C25H32N2OS/c1-2-8-22-20(7-1)17-21(18-29-22)26-15-12-24(23-9-3-6-14-27-23)13-16-28-25(19-24)10-4-5-11-25/h1-3,6-9,14,21,26H,4-5,10-13,15-19H2/t21?,24-/m1/s1. The fourth-order valence-corrected chi connectivity index (χ4v) is 6.90. The predicted molar refractivity (Wildman–Crippen MR) is 120 cm³/mol. The molecule has 1 aliphatic carbocycles. The quantitative estimate of drug-likeness (QED) is 0.743. The molecule has 0 amide bonds. The maximum atomic E-state index is 6.39. The molecule has 2 aromatic rings. The number of hydrogen-bond donors (Lipinski definition) is 1. The number of fused-ring (bicyclic) bond motifs is 1. The normalized spacial score (nSPS) is 28.3. The molecule has 4 heteroatoms. The van der Waals surface area contributed by atoms with Crippen molar-refractivity contribution in [2.45, 2.75) is 73.3 Å². The van der Waals surface area contributed by atoms with Crippen LogP contribution in [-0.2, 0) is 16.6 Å². The lowest BCUT2D eigenvalue weighted by molar-refractivity contribution is -0.104. The second kappa shape index (κ2) is 8.41. The molecule has 1 spiro atoms. The number of ether oxygens (including phenoxy) is 1. The summed E-state index contributed by atoms with van der Waals surface area (Å²) in [5.74, 6) is 1.17. The zero-order chi connectivity index (χ0) is 19.6. The maximum absolute atomic E-state index is 6.39. The van der Waals surface area contributed by atoms with Crippen molar-refractivity contribution in [2.24, 2.45) is 0 Å². The summed E-state index contributed by atoms with van der Waals surface area (Å²) in [6.45, 7) is 1.93. The third-order valence-electron chi connectivity index (χ3n) is 7.29. The lowest BCUT2D eigenvalue weighted by atomic mass is 9.68. The van der Waals surface area contributed by atoms with Crippen molar-refractivity contribution in [3.63, 3.8) is 0 Å². The molecule has 3 nitrogen and oxygen atoms in total. The van der Waals surface area contributed by atoms with Crippen molar-refractivity contribution in [1.82, 2.24) is 10.3 Å². The number of aromatic nitrogens is 1. The minimum absolute atomic E-state index is 0.107. The first kappa shape index (κ1) is 19.6. The topological polar surface area (TPSA) is 34.1 Å². The largest absolute Gasteiger partial charge is 0.375 e. The van der Waals surface area contributed by atoms with Gasteiger partial charge < -0.3 is 10.1 Å². The van der Waals surface area contributed by atoms with Crippen molar-refractivity contribution in [3.05, 3.63) is 59.9 Å². The molecule has 3 aliphatic rings. The van der Waals surface area contributed by atoms with Crippen molar-refractivity contribution in [1.29, 1.82) is 0 Å². The highest BCUT2D eigenvalue weighted by atomic mass is 32.2. The Labute approximate surface area is 179 Å². The lowest BCUT2D eigenvalue weighted by Gasteiger charge is -2.46. The monoisotopic (exact) mass is 408 g/mol. The summed E-state index contributed by atoms with van der Waals surface area (Å²) in [6, 6.07) is 15.9. The molecule has 0 radical (unpaired) electrons. The molecule has 2 atom stereocenters. The van der Waals surface area contributed by atoms with Crippen molar-refractivity contribution < 1.29 is 4.74 Å². The van der Waals surface area contributed by atoms with E-state index >= 15 is 0 Å². The third-order valence-corrected chi connectivity index (χ3v) is 8.57. The van der Waals surface area contributed by atoms with Gasteiger partial charge in [0.05, 0.1) is 5.60 Å². The Bertz CT molecular complexity index is 821. The Morgan fingerprint density at radius 1 is 1.07 bits per heavy atom. The molecule has 0 bridgehead atoms. The fourth-order valence-electron chi connectivity index (χ4n) is 5.77. The van der Waals surface area contributed by atoms with Crippen molar-refractivity contribution in [3.8, 4) is 0 Å². The van der Waals surface area contributed by atoms with Crippen LogP contribution < -0.4 is 5.32 Å². The van der Waals surface area contributed by atoms with E-state index in [1.165, 1.54) is 47.6 Å². The summed E-state index contributed by atoms with van der Waals surface area (Å²) in [6.07, 6.45) is 11.6. The minimum atomic E-state index is 0.107. The number of benzene rings is 1. The van der Waals surface area contributed by atoms with Gasteiger partial charge in [-0.15, -0.1) is 11.8 Å². The third kappa shape index (κ3) is 4.12. The van der Waals surface area contributed by atoms with Crippen LogP contribution in [0.25, 0.3) is 0 Å². The minimum Gasteiger partial charge on any atom is -0.375 e. The summed E-state index contributed by atoms with van der Waals surface area (Å²) in [4.78, 5) is 6.30. The highest BCUT2D eigenvalue weighted by molar-refractivity contribution is 7.99. The van der Waals surface area contributed by atoms with E-state index in [1.54, 1.807) is 0 Å². The summed E-state index contributed by atoms with van der Waals surface area (Å²) in [5.41, 5.74) is 3.03. The molecule has 2 fully saturated rings. The summed E-state index contributed by atoms with van der Waals surface area (Å²) in [5, 5.41) is 3.89. The second-order valence-electron chi connectivity index (χ2n) is 9.18. The molecular formula is C25H32N2OS. The Morgan fingerprint density at radius 2 is 1.93 bits per heavy atom. The zero-order valence-corrected chi connectivity index (χ0v) is 18.1. The highest BCUT2D eigenvalue weighted by Gasteiger charge is 2.48. The van der Waals surface area contributed by atoms with E-state index in [1.807, 2.05) is 24.0 Å². The van der Waals surface area contributed by atoms with Gasteiger partial charge in [0.15, 0.2) is 0 Å². The van der Waals surface area contributed by atoms with E-state index in [9.17, 15) is 0 Å². The van der Waals surface area contributed by atoms with Crippen molar-refractivity contribution >= 4 is 11.8 Å². The van der Waals surface area contributed by atoms with E-state index in [0.29, 0.717) is 6.04 Å². The van der Waals surface area contributed by atoms with E-state index in [4.69, 9.17) is 9.72 Å². The average molecular weight is 409 g/mol. The van der Waals surface area contributed by atoms with Gasteiger partial charge in [0, 0.05) is 40.6 Å². The first-order valence-electron chi connectivity index (χ1n) is 11.3. The zero-order valence-electron chi connectivity index (χ0n) is 17.2. The summed E-state index contributed by atoms with van der Waals surface area (Å²) < 4.78 is 6.39. The molecule has 1 unspecified atom stereocenters. The molecule has 29 heavy (non-hydrogen) atoms. The number of hydrogen-bond acceptors (Lipinski definition) is 4. The molecule has 3 heterocycles. The number of nitrogens with zero attached hydrogens (tertiary/aromatic N) is 1. The molecule has 1 N–H and O–H groups in total. The van der Waals surface area contributed by atoms with E-state index in [0.717, 1.165) is 38.8 Å². The Balaban J connectivity index is 1.28. The number of nitrogens with one attached hydrogen (secondary N) is 1. The molecule has 1 aromatic carbocycles. The lowest BCUT2D eigenvalue weighted by Crippen LogP contribution is -2.48. The van der Waals surface area contributed by atoms with Crippen LogP contribution in [0.15, 0.2) is 53.6 Å². The van der Waals surface area contributed by atoms with Gasteiger partial charge in [-0.05, 0) is 68.8 Å². The van der Waals surface area contributed by atoms with Crippen LogP contribution in [0.1, 0.15) is 56.2 Å². The Morgan fingerprint density at radius 3 is 2.79 bits per heavy atom. The van der Waals surface area contributed by atoms with Gasteiger partial charge in [0.2, 0.25) is 0 Å². The molecule has 1 saturated carbocycles. The molecule has 5 rings (SSSR count). The van der Waals surface area contributed by atoms with Gasteiger partial charge in [0.1, 0.15) is 0 Å². The van der Waals surface area contributed by atoms with Crippen LogP contribution in [0.3, 0.4) is 0 Å². The fraction of sp³-hybridized carbons (Fsp3) is 0.560. The Kier molecular flexibility index (Phi) is 5.68. The summed E-state index contributed by atoms with van der Waals surface area (Å²) in [7, 11) is 0. The second-order valence-corrected chi connectivity index (χ2v) is 10.2. The van der Waals surface area contributed by atoms with E-state index in [-0.39, 0.29) is 11.0 Å². The smallest absolute Gasteiger partial charge is 0.0691 e. The number of rotatable bonds is 5. The van der Waals surface area contributed by atoms with Crippen LogP contribution in [-0.4, -0.2) is 35.5 Å². The van der Waals surface area contributed by atoms with Crippen LogP contribution in [0.4, 0.5) is 0 Å². The van der Waals surface area contributed by atoms with Crippen LogP contribution in [0.5, 0.6) is 0 Å². The maximum Gasteiger partial charge on any atom is 0.0691 e.